The van der Waals surface area contributed by atoms with E-state index in [0.717, 1.165) is 12.8 Å². The monoisotopic (exact) mass is 435 g/mol. The number of hydrogen-bond acceptors (Lipinski definition) is 4. The maximum absolute atomic E-state index is 12.6. The van der Waals surface area contributed by atoms with Crippen molar-refractivity contribution in [3.63, 3.8) is 0 Å². The van der Waals surface area contributed by atoms with Crippen LogP contribution in [0.4, 0.5) is 5.69 Å². The number of halogens is 1. The zero-order valence-electron chi connectivity index (χ0n) is 16.2. The van der Waals surface area contributed by atoms with E-state index in [0.29, 0.717) is 29.9 Å². The average molecular weight is 436 g/mol. The number of carbonyl (C=O) groups excluding carboxylic acids is 2. The summed E-state index contributed by atoms with van der Waals surface area (Å²) in [5.74, 6) is -0.638. The predicted molar refractivity (Wildman–Crippen MR) is 112 cm³/mol. The molecule has 2 aromatic carbocycles. The van der Waals surface area contributed by atoms with Crippen LogP contribution in [0, 0.1) is 0 Å². The van der Waals surface area contributed by atoms with Crippen molar-refractivity contribution in [2.75, 3.05) is 32.5 Å². The van der Waals surface area contributed by atoms with Gasteiger partial charge in [-0.15, -0.1) is 0 Å². The van der Waals surface area contributed by atoms with E-state index >= 15 is 0 Å². The molecule has 1 saturated heterocycles. The quantitative estimate of drug-likeness (QED) is 0.781. The summed E-state index contributed by atoms with van der Waals surface area (Å²) in [6.45, 7) is 1.05. The molecule has 1 heterocycles. The highest BCUT2D eigenvalue weighted by Crippen LogP contribution is 2.24. The number of rotatable bonds is 5. The van der Waals surface area contributed by atoms with Crippen LogP contribution in [0.3, 0.4) is 0 Å². The van der Waals surface area contributed by atoms with Crippen molar-refractivity contribution < 1.29 is 18.0 Å². The van der Waals surface area contributed by atoms with Crippen molar-refractivity contribution >= 4 is 39.1 Å². The second kappa shape index (κ2) is 8.52. The number of carbonyl (C=O) groups is 2. The normalized spacial score (nSPS) is 14.6. The topological polar surface area (TPSA) is 86.8 Å². The number of nitrogens with one attached hydrogen (secondary N) is 1. The summed E-state index contributed by atoms with van der Waals surface area (Å²) in [5, 5.41) is 2.93. The first-order valence-corrected chi connectivity index (χ1v) is 10.9. The fourth-order valence-electron chi connectivity index (χ4n) is 3.07. The third kappa shape index (κ3) is 4.60. The standard InChI is InChI=1S/C20H22ClN3O4S/c1-23(2)20(26)17-10-7-15(13-18(17)21)22-19(25)14-5-8-16(9-6-14)29(27,28)24-11-3-4-12-24/h5-10,13H,3-4,11-12H2,1-2H3,(H,22,25). The van der Waals surface area contributed by atoms with E-state index in [9.17, 15) is 18.0 Å². The fourth-order valence-corrected chi connectivity index (χ4v) is 4.84. The lowest BCUT2D eigenvalue weighted by Gasteiger charge is -2.15. The van der Waals surface area contributed by atoms with Gasteiger partial charge in [0, 0.05) is 38.4 Å². The van der Waals surface area contributed by atoms with Gasteiger partial charge in [0.25, 0.3) is 11.8 Å². The Labute approximate surface area is 175 Å². The number of sulfonamides is 1. The van der Waals surface area contributed by atoms with E-state index in [1.807, 2.05) is 0 Å². The highest BCUT2D eigenvalue weighted by atomic mass is 35.5. The highest BCUT2D eigenvalue weighted by molar-refractivity contribution is 7.89. The Balaban J connectivity index is 1.73. The maximum Gasteiger partial charge on any atom is 0.255 e. The maximum atomic E-state index is 12.6. The Hall–Kier alpha value is -2.42. The minimum Gasteiger partial charge on any atom is -0.345 e. The molecule has 0 radical (unpaired) electrons. The lowest BCUT2D eigenvalue weighted by molar-refractivity contribution is 0.0827. The molecule has 2 amide bonds. The van der Waals surface area contributed by atoms with Crippen LogP contribution in [0.15, 0.2) is 47.4 Å². The van der Waals surface area contributed by atoms with E-state index in [2.05, 4.69) is 5.32 Å². The van der Waals surface area contributed by atoms with Gasteiger partial charge in [0.2, 0.25) is 10.0 Å². The smallest absolute Gasteiger partial charge is 0.255 e. The summed E-state index contributed by atoms with van der Waals surface area (Å²) in [5.41, 5.74) is 1.09. The number of benzene rings is 2. The molecular formula is C20H22ClN3O4S. The second-order valence-corrected chi connectivity index (χ2v) is 9.33. The first-order chi connectivity index (χ1) is 13.7. The van der Waals surface area contributed by atoms with Gasteiger partial charge in [-0.25, -0.2) is 8.42 Å². The molecule has 0 aliphatic carbocycles. The summed E-state index contributed by atoms with van der Waals surface area (Å²) in [6.07, 6.45) is 1.72. The number of hydrogen-bond donors (Lipinski definition) is 1. The van der Waals surface area contributed by atoms with Crippen molar-refractivity contribution in [3.8, 4) is 0 Å². The number of nitrogens with zero attached hydrogens (tertiary/aromatic N) is 2. The van der Waals surface area contributed by atoms with Crippen molar-refractivity contribution in [3.05, 3.63) is 58.6 Å². The van der Waals surface area contributed by atoms with E-state index in [1.54, 1.807) is 26.2 Å². The lowest BCUT2D eigenvalue weighted by atomic mass is 10.1. The van der Waals surface area contributed by atoms with E-state index in [1.165, 1.54) is 39.5 Å². The molecule has 0 bridgehead atoms. The minimum atomic E-state index is -3.52. The Morgan fingerprint density at radius 2 is 1.66 bits per heavy atom. The molecule has 0 saturated carbocycles. The van der Waals surface area contributed by atoms with Crippen LogP contribution in [-0.2, 0) is 10.0 Å². The molecule has 1 aliphatic rings. The zero-order chi connectivity index (χ0) is 21.2. The molecule has 1 N–H and O–H groups in total. The van der Waals surface area contributed by atoms with Crippen LogP contribution < -0.4 is 5.32 Å². The van der Waals surface area contributed by atoms with Gasteiger partial charge in [0.05, 0.1) is 15.5 Å². The molecule has 29 heavy (non-hydrogen) atoms. The Morgan fingerprint density at radius 1 is 1.03 bits per heavy atom. The third-order valence-electron chi connectivity index (χ3n) is 4.68. The van der Waals surface area contributed by atoms with Crippen LogP contribution in [0.1, 0.15) is 33.6 Å². The summed E-state index contributed by atoms with van der Waals surface area (Å²) >= 11 is 6.16. The average Bonchev–Trinajstić information content (AvgIpc) is 3.23. The van der Waals surface area contributed by atoms with Crippen LogP contribution in [0.5, 0.6) is 0 Å². The number of amides is 2. The third-order valence-corrected chi connectivity index (χ3v) is 6.91. The van der Waals surface area contributed by atoms with E-state index in [4.69, 9.17) is 11.6 Å². The van der Waals surface area contributed by atoms with Gasteiger partial charge in [0.1, 0.15) is 0 Å². The molecule has 0 aromatic heterocycles. The van der Waals surface area contributed by atoms with Crippen LogP contribution in [0.25, 0.3) is 0 Å². The highest BCUT2D eigenvalue weighted by Gasteiger charge is 2.27. The molecule has 0 atom stereocenters. The Morgan fingerprint density at radius 3 is 2.21 bits per heavy atom. The fraction of sp³-hybridized carbons (Fsp3) is 0.300. The molecule has 3 rings (SSSR count). The molecular weight excluding hydrogens is 414 g/mol. The summed E-state index contributed by atoms with van der Waals surface area (Å²) in [6, 6.07) is 10.5. The molecule has 2 aromatic rings. The summed E-state index contributed by atoms with van der Waals surface area (Å²) in [4.78, 5) is 26.1. The molecule has 1 fully saturated rings. The molecule has 0 spiro atoms. The summed E-state index contributed by atoms with van der Waals surface area (Å²) in [7, 11) is -0.264. The molecule has 0 unspecified atom stereocenters. The van der Waals surface area contributed by atoms with E-state index in [-0.39, 0.29) is 15.8 Å². The van der Waals surface area contributed by atoms with Crippen molar-refractivity contribution in [1.82, 2.24) is 9.21 Å². The van der Waals surface area contributed by atoms with Gasteiger partial charge in [0.15, 0.2) is 0 Å². The first kappa shape index (κ1) is 21.3. The molecule has 7 nitrogen and oxygen atoms in total. The van der Waals surface area contributed by atoms with Crippen molar-refractivity contribution in [1.29, 1.82) is 0 Å². The van der Waals surface area contributed by atoms with Gasteiger partial charge in [-0.3, -0.25) is 9.59 Å². The van der Waals surface area contributed by atoms with Gasteiger partial charge < -0.3 is 10.2 Å². The molecule has 154 valence electrons. The molecule has 9 heteroatoms. The zero-order valence-corrected chi connectivity index (χ0v) is 17.8. The van der Waals surface area contributed by atoms with Crippen LogP contribution >= 0.6 is 11.6 Å². The van der Waals surface area contributed by atoms with Crippen molar-refractivity contribution in [2.24, 2.45) is 0 Å². The van der Waals surface area contributed by atoms with Gasteiger partial charge in [-0.05, 0) is 55.3 Å². The van der Waals surface area contributed by atoms with Crippen molar-refractivity contribution in [2.45, 2.75) is 17.7 Å². The van der Waals surface area contributed by atoms with Crippen LogP contribution in [0.2, 0.25) is 5.02 Å². The lowest BCUT2D eigenvalue weighted by Crippen LogP contribution is -2.27. The SMILES string of the molecule is CN(C)C(=O)c1ccc(NC(=O)c2ccc(S(=O)(=O)N3CCCC3)cc2)cc1Cl. The largest absolute Gasteiger partial charge is 0.345 e. The molecule has 1 aliphatic heterocycles. The predicted octanol–water partition coefficient (Wildman–Crippen LogP) is 3.08. The minimum absolute atomic E-state index is 0.172. The number of anilines is 1. The Kier molecular flexibility index (Phi) is 6.26. The van der Waals surface area contributed by atoms with Crippen LogP contribution in [-0.4, -0.2) is 56.6 Å². The first-order valence-electron chi connectivity index (χ1n) is 9.13. The van der Waals surface area contributed by atoms with Gasteiger partial charge >= 0.3 is 0 Å². The van der Waals surface area contributed by atoms with E-state index < -0.39 is 15.9 Å². The Bertz CT molecular complexity index is 1030. The second-order valence-electron chi connectivity index (χ2n) is 6.98. The van der Waals surface area contributed by atoms with Gasteiger partial charge in [-0.1, -0.05) is 11.6 Å². The van der Waals surface area contributed by atoms with Gasteiger partial charge in [-0.2, -0.15) is 4.31 Å². The summed E-state index contributed by atoms with van der Waals surface area (Å²) < 4.78 is 26.6.